The van der Waals surface area contributed by atoms with Gasteiger partial charge in [0.1, 0.15) is 12.2 Å². The number of imide groups is 1. The zero-order valence-corrected chi connectivity index (χ0v) is 19.2. The van der Waals surface area contributed by atoms with Crippen molar-refractivity contribution < 1.29 is 28.6 Å². The Morgan fingerprint density at radius 3 is 2.69 bits per heavy atom. The van der Waals surface area contributed by atoms with Gasteiger partial charge in [-0.1, -0.05) is 36.4 Å². The first-order chi connectivity index (χ1) is 15.2. The van der Waals surface area contributed by atoms with Gasteiger partial charge in [0.25, 0.3) is 0 Å². The molecular weight excluding hydrogens is 412 g/mol. The van der Waals surface area contributed by atoms with Gasteiger partial charge >= 0.3 is 12.2 Å². The molecule has 0 aromatic heterocycles. The second-order valence-electron chi connectivity index (χ2n) is 8.71. The van der Waals surface area contributed by atoms with Crippen molar-refractivity contribution in [2.24, 2.45) is 5.92 Å². The van der Waals surface area contributed by atoms with E-state index in [9.17, 15) is 14.4 Å². The number of rotatable bonds is 11. The van der Waals surface area contributed by atoms with E-state index < -0.39 is 29.7 Å². The Hall–Kier alpha value is -2.87. The normalized spacial score (nSPS) is 16.9. The molecule has 1 heterocycles. The van der Waals surface area contributed by atoms with Crippen molar-refractivity contribution in [3.63, 3.8) is 0 Å². The van der Waals surface area contributed by atoms with Crippen molar-refractivity contribution in [2.75, 3.05) is 26.4 Å². The fourth-order valence-electron chi connectivity index (χ4n) is 3.40. The third-order valence-electron chi connectivity index (χ3n) is 4.83. The van der Waals surface area contributed by atoms with Crippen molar-refractivity contribution in [1.82, 2.24) is 10.2 Å². The maximum atomic E-state index is 13.4. The predicted molar refractivity (Wildman–Crippen MR) is 120 cm³/mol. The van der Waals surface area contributed by atoms with Crippen LogP contribution in [0.5, 0.6) is 0 Å². The van der Waals surface area contributed by atoms with Crippen molar-refractivity contribution in [3.8, 4) is 0 Å². The molecule has 0 aliphatic carbocycles. The van der Waals surface area contributed by atoms with Crippen LogP contribution in [0.15, 0.2) is 43.0 Å². The summed E-state index contributed by atoms with van der Waals surface area (Å²) in [7, 11) is 0. The number of cyclic esters (lactones) is 1. The highest BCUT2D eigenvalue weighted by atomic mass is 16.6. The molecule has 1 aromatic rings. The summed E-state index contributed by atoms with van der Waals surface area (Å²) in [6, 6.07) is 9.24. The Kier molecular flexibility index (Phi) is 9.71. The molecule has 1 saturated heterocycles. The molecule has 2 rings (SSSR count). The largest absolute Gasteiger partial charge is 0.447 e. The quantitative estimate of drug-likeness (QED) is 0.411. The van der Waals surface area contributed by atoms with Crippen LogP contribution in [0.25, 0.3) is 0 Å². The summed E-state index contributed by atoms with van der Waals surface area (Å²) in [6.45, 7) is 9.96. The molecule has 0 bridgehead atoms. The molecule has 8 nitrogen and oxygen atoms in total. The summed E-state index contributed by atoms with van der Waals surface area (Å²) >= 11 is 0. The van der Waals surface area contributed by atoms with Crippen molar-refractivity contribution in [3.05, 3.63) is 48.6 Å². The number of amides is 3. The second kappa shape index (κ2) is 12.2. The van der Waals surface area contributed by atoms with E-state index >= 15 is 0 Å². The molecule has 1 aliphatic rings. The molecule has 0 saturated carbocycles. The lowest BCUT2D eigenvalue weighted by Gasteiger charge is -2.26. The van der Waals surface area contributed by atoms with Crippen molar-refractivity contribution in [1.29, 1.82) is 0 Å². The molecule has 1 unspecified atom stereocenters. The fraction of sp³-hybridized carbons (Fsp3) is 0.542. The Morgan fingerprint density at radius 2 is 2.03 bits per heavy atom. The molecule has 8 heteroatoms. The zero-order valence-electron chi connectivity index (χ0n) is 19.2. The van der Waals surface area contributed by atoms with Gasteiger partial charge in [-0.15, -0.1) is 6.58 Å². The van der Waals surface area contributed by atoms with E-state index in [1.165, 1.54) is 4.90 Å². The highest BCUT2D eigenvalue weighted by Gasteiger charge is 2.40. The predicted octanol–water partition coefficient (Wildman–Crippen LogP) is 3.70. The van der Waals surface area contributed by atoms with Crippen LogP contribution >= 0.6 is 0 Å². The van der Waals surface area contributed by atoms with Crippen molar-refractivity contribution in [2.45, 2.75) is 51.7 Å². The van der Waals surface area contributed by atoms with Gasteiger partial charge in [0.05, 0.1) is 18.6 Å². The molecule has 1 N–H and O–H groups in total. The number of carbonyl (C=O) groups is 3. The second-order valence-corrected chi connectivity index (χ2v) is 8.71. The molecule has 1 fully saturated rings. The van der Waals surface area contributed by atoms with E-state index in [0.717, 1.165) is 5.56 Å². The summed E-state index contributed by atoms with van der Waals surface area (Å²) in [4.78, 5) is 39.0. The topological polar surface area (TPSA) is 94.2 Å². The van der Waals surface area contributed by atoms with Gasteiger partial charge in [0.15, 0.2) is 0 Å². The van der Waals surface area contributed by atoms with E-state index in [-0.39, 0.29) is 19.1 Å². The Bertz CT molecular complexity index is 774. The molecule has 1 aliphatic heterocycles. The minimum absolute atomic E-state index is 0.0526. The number of ether oxygens (including phenoxy) is 3. The molecule has 2 atom stereocenters. The monoisotopic (exact) mass is 446 g/mol. The van der Waals surface area contributed by atoms with Crippen LogP contribution in [0, 0.1) is 5.92 Å². The van der Waals surface area contributed by atoms with Gasteiger partial charge in [-0.05, 0) is 45.6 Å². The van der Waals surface area contributed by atoms with Gasteiger partial charge in [0.2, 0.25) is 5.91 Å². The maximum Gasteiger partial charge on any atom is 0.416 e. The van der Waals surface area contributed by atoms with Crippen LogP contribution in [0.2, 0.25) is 0 Å². The van der Waals surface area contributed by atoms with Crippen molar-refractivity contribution >= 4 is 18.1 Å². The molecule has 32 heavy (non-hydrogen) atoms. The SMILES string of the molecule is C=CCOCCC[C@@H](CNC(=O)OC(C)(C)C)C(=O)N1C(=O)OCC1Cc1ccccc1. The summed E-state index contributed by atoms with van der Waals surface area (Å²) in [6.07, 6.45) is 1.93. The standard InChI is InChI=1S/C24H34N2O6/c1-5-13-30-14-9-12-19(16-25-22(28)32-24(2,3)4)21(27)26-20(17-31-23(26)29)15-18-10-7-6-8-11-18/h5-8,10-11,19-20H,1,9,12-17H2,2-4H3,(H,25,28)/t19-,20?/m0/s1. The summed E-state index contributed by atoms with van der Waals surface area (Å²) in [5.74, 6) is -0.980. The minimum atomic E-state index is -0.652. The molecular formula is C24H34N2O6. The van der Waals surface area contributed by atoms with Crippen LogP contribution in [-0.4, -0.2) is 61.0 Å². The first kappa shape index (κ1) is 25.4. The fourth-order valence-corrected chi connectivity index (χ4v) is 3.40. The minimum Gasteiger partial charge on any atom is -0.447 e. The number of hydrogen-bond donors (Lipinski definition) is 1. The lowest BCUT2D eigenvalue weighted by Crippen LogP contribution is -2.47. The summed E-state index contributed by atoms with van der Waals surface area (Å²) in [5.41, 5.74) is 0.358. The number of nitrogens with zero attached hydrogens (tertiary/aromatic N) is 1. The number of benzene rings is 1. The Morgan fingerprint density at radius 1 is 1.31 bits per heavy atom. The number of alkyl carbamates (subject to hydrolysis) is 1. The first-order valence-electron chi connectivity index (χ1n) is 10.9. The lowest BCUT2D eigenvalue weighted by molar-refractivity contribution is -0.133. The van der Waals surface area contributed by atoms with Crippen LogP contribution in [0.1, 0.15) is 39.2 Å². The first-order valence-corrected chi connectivity index (χ1v) is 10.9. The highest BCUT2D eigenvalue weighted by Crippen LogP contribution is 2.22. The van der Waals surface area contributed by atoms with E-state index in [2.05, 4.69) is 11.9 Å². The lowest BCUT2D eigenvalue weighted by atomic mass is 9.99. The summed E-state index contributed by atoms with van der Waals surface area (Å²) < 4.78 is 15.9. The number of nitrogens with one attached hydrogen (secondary N) is 1. The Balaban J connectivity index is 2.06. The van der Waals surface area contributed by atoms with Crippen LogP contribution in [0.4, 0.5) is 9.59 Å². The smallest absolute Gasteiger partial charge is 0.416 e. The van der Waals surface area contributed by atoms with Gasteiger partial charge in [-0.2, -0.15) is 0 Å². The third kappa shape index (κ3) is 8.34. The molecule has 176 valence electrons. The molecule has 1 aromatic carbocycles. The number of hydrogen-bond acceptors (Lipinski definition) is 6. The van der Waals surface area contributed by atoms with Crippen LogP contribution < -0.4 is 5.32 Å². The Labute approximate surface area is 189 Å². The van der Waals surface area contributed by atoms with Gasteiger partial charge < -0.3 is 19.5 Å². The van der Waals surface area contributed by atoms with Crippen LogP contribution in [0.3, 0.4) is 0 Å². The van der Waals surface area contributed by atoms with Gasteiger partial charge in [-0.3, -0.25) is 4.79 Å². The average Bonchev–Trinajstić information content (AvgIpc) is 3.09. The number of carbonyl (C=O) groups excluding carboxylic acids is 3. The third-order valence-corrected chi connectivity index (χ3v) is 4.83. The van der Waals surface area contributed by atoms with Crippen LogP contribution in [-0.2, 0) is 25.4 Å². The van der Waals surface area contributed by atoms with E-state index in [4.69, 9.17) is 14.2 Å². The van der Waals surface area contributed by atoms with Gasteiger partial charge in [-0.25, -0.2) is 14.5 Å². The maximum absolute atomic E-state index is 13.4. The average molecular weight is 447 g/mol. The van der Waals surface area contributed by atoms with E-state index in [1.54, 1.807) is 26.8 Å². The molecule has 0 spiro atoms. The van der Waals surface area contributed by atoms with E-state index in [1.807, 2.05) is 30.3 Å². The highest BCUT2D eigenvalue weighted by molar-refractivity contribution is 5.95. The van der Waals surface area contributed by atoms with E-state index in [0.29, 0.717) is 32.5 Å². The molecule has 3 amide bonds. The molecule has 0 radical (unpaired) electrons. The van der Waals surface area contributed by atoms with Gasteiger partial charge in [0, 0.05) is 13.2 Å². The summed E-state index contributed by atoms with van der Waals surface area (Å²) in [5, 5.41) is 2.66. The zero-order chi connectivity index (χ0) is 23.6.